The molecule has 0 heterocycles. The molecule has 2 nitrogen and oxygen atoms in total. The van der Waals surface area contributed by atoms with E-state index in [1.807, 2.05) is 20.8 Å². The van der Waals surface area contributed by atoms with Gasteiger partial charge in [0.1, 0.15) is 5.70 Å². The zero-order chi connectivity index (χ0) is 8.85. The minimum atomic E-state index is 0.0323. The molecule has 0 spiro atoms. The summed E-state index contributed by atoms with van der Waals surface area (Å²) in [7, 11) is 0. The maximum absolute atomic E-state index is 11.3. The van der Waals surface area contributed by atoms with Crippen LogP contribution in [0.2, 0.25) is 0 Å². The molecule has 0 bridgehead atoms. The molecule has 0 aromatic carbocycles. The standard InChI is InChI=1S/C9H15NO/c1-5-8(10-6-2)9(11)7(3)4/h5-7H,1-4H3. The van der Waals surface area contributed by atoms with Gasteiger partial charge in [0.25, 0.3) is 0 Å². The van der Waals surface area contributed by atoms with Crippen LogP contribution in [-0.4, -0.2) is 12.0 Å². The lowest BCUT2D eigenvalue weighted by molar-refractivity contribution is -0.118. The molecule has 0 fully saturated rings. The van der Waals surface area contributed by atoms with Gasteiger partial charge in [0.05, 0.1) is 0 Å². The summed E-state index contributed by atoms with van der Waals surface area (Å²) in [5, 5.41) is 0. The Labute approximate surface area is 68.0 Å². The highest BCUT2D eigenvalue weighted by Crippen LogP contribution is 2.06. The molecule has 62 valence electrons. The molecule has 2 heteroatoms. The fourth-order valence-corrected chi connectivity index (χ4v) is 0.715. The summed E-state index contributed by atoms with van der Waals surface area (Å²) in [6, 6.07) is 0. The van der Waals surface area contributed by atoms with E-state index in [4.69, 9.17) is 0 Å². The van der Waals surface area contributed by atoms with Crippen molar-refractivity contribution in [2.24, 2.45) is 10.9 Å². The van der Waals surface area contributed by atoms with E-state index in [9.17, 15) is 4.79 Å². The summed E-state index contributed by atoms with van der Waals surface area (Å²) in [5.41, 5.74) is 0.558. The molecule has 0 rings (SSSR count). The van der Waals surface area contributed by atoms with E-state index < -0.39 is 0 Å². The fourth-order valence-electron chi connectivity index (χ4n) is 0.715. The predicted octanol–water partition coefficient (Wildman–Crippen LogP) is 2.21. The van der Waals surface area contributed by atoms with Crippen LogP contribution in [-0.2, 0) is 4.79 Å². The molecule has 0 aliphatic heterocycles. The van der Waals surface area contributed by atoms with E-state index in [0.717, 1.165) is 0 Å². The number of carbonyl (C=O) groups is 1. The van der Waals surface area contributed by atoms with Gasteiger partial charge in [-0.2, -0.15) is 0 Å². The first-order valence-corrected chi connectivity index (χ1v) is 3.82. The van der Waals surface area contributed by atoms with E-state index in [2.05, 4.69) is 4.99 Å². The average molecular weight is 153 g/mol. The number of aliphatic imine (C=N–C) groups is 1. The van der Waals surface area contributed by atoms with Crippen LogP contribution < -0.4 is 0 Å². The van der Waals surface area contributed by atoms with Gasteiger partial charge in [0, 0.05) is 12.1 Å². The van der Waals surface area contributed by atoms with Crippen molar-refractivity contribution in [3.8, 4) is 0 Å². The lowest BCUT2D eigenvalue weighted by Crippen LogP contribution is -2.08. The summed E-state index contributed by atoms with van der Waals surface area (Å²) < 4.78 is 0. The quantitative estimate of drug-likeness (QED) is 0.451. The largest absolute Gasteiger partial charge is 0.292 e. The van der Waals surface area contributed by atoms with Crippen LogP contribution in [0.4, 0.5) is 0 Å². The topological polar surface area (TPSA) is 29.4 Å². The van der Waals surface area contributed by atoms with Gasteiger partial charge in [-0.3, -0.25) is 9.79 Å². The molecule has 0 N–H and O–H groups in total. The molecule has 0 atom stereocenters. The molecule has 0 saturated carbocycles. The van der Waals surface area contributed by atoms with Crippen LogP contribution in [0.15, 0.2) is 16.8 Å². The van der Waals surface area contributed by atoms with Crippen LogP contribution in [0.3, 0.4) is 0 Å². The SMILES string of the molecule is CC=NC(=CC)C(=O)C(C)C. The van der Waals surface area contributed by atoms with Crippen molar-refractivity contribution < 1.29 is 4.79 Å². The van der Waals surface area contributed by atoms with Crippen LogP contribution in [0, 0.1) is 5.92 Å². The lowest BCUT2D eigenvalue weighted by Gasteiger charge is -2.02. The minimum Gasteiger partial charge on any atom is -0.292 e. The van der Waals surface area contributed by atoms with Gasteiger partial charge >= 0.3 is 0 Å². The Balaban J connectivity index is 4.41. The molecule has 0 amide bonds. The third-order valence-electron chi connectivity index (χ3n) is 1.32. The van der Waals surface area contributed by atoms with E-state index in [-0.39, 0.29) is 11.7 Å². The molecule has 0 radical (unpaired) electrons. The molecule has 0 saturated heterocycles. The number of Topliss-reactive ketones (excluding diaryl/α,β-unsaturated/α-hetero) is 1. The highest BCUT2D eigenvalue weighted by molar-refractivity contribution is 5.97. The minimum absolute atomic E-state index is 0.0323. The van der Waals surface area contributed by atoms with Crippen LogP contribution in [0.1, 0.15) is 27.7 Å². The maximum atomic E-state index is 11.3. The first-order chi connectivity index (χ1) is 5.13. The van der Waals surface area contributed by atoms with Gasteiger partial charge in [-0.15, -0.1) is 0 Å². The molecule has 11 heavy (non-hydrogen) atoms. The number of allylic oxidation sites excluding steroid dienone is 2. The normalized spacial score (nSPS) is 13.0. The zero-order valence-corrected chi connectivity index (χ0v) is 7.59. The number of rotatable bonds is 3. The van der Waals surface area contributed by atoms with Crippen LogP contribution in [0.25, 0.3) is 0 Å². The van der Waals surface area contributed by atoms with Crippen LogP contribution in [0.5, 0.6) is 0 Å². The second-order valence-corrected chi connectivity index (χ2v) is 2.58. The molecule has 0 aliphatic rings. The molecular weight excluding hydrogens is 138 g/mol. The Hall–Kier alpha value is -0.920. The zero-order valence-electron chi connectivity index (χ0n) is 7.59. The van der Waals surface area contributed by atoms with Crippen molar-refractivity contribution in [3.05, 3.63) is 11.8 Å². The highest BCUT2D eigenvalue weighted by atomic mass is 16.1. The number of nitrogens with zero attached hydrogens (tertiary/aromatic N) is 1. The van der Waals surface area contributed by atoms with E-state index >= 15 is 0 Å². The maximum Gasteiger partial charge on any atom is 0.183 e. The third-order valence-corrected chi connectivity index (χ3v) is 1.32. The van der Waals surface area contributed by atoms with Gasteiger partial charge < -0.3 is 0 Å². The molecular formula is C9H15NO. The van der Waals surface area contributed by atoms with Crippen molar-refractivity contribution in [2.75, 3.05) is 0 Å². The van der Waals surface area contributed by atoms with E-state index in [0.29, 0.717) is 5.70 Å². The van der Waals surface area contributed by atoms with Gasteiger partial charge in [0.15, 0.2) is 5.78 Å². The Kier molecular flexibility index (Phi) is 4.42. The Morgan fingerprint density at radius 3 is 2.18 bits per heavy atom. The monoisotopic (exact) mass is 153 g/mol. The molecule has 0 aromatic rings. The number of ketones is 1. The number of hydrogen-bond donors (Lipinski definition) is 0. The molecule has 0 unspecified atom stereocenters. The summed E-state index contributed by atoms with van der Waals surface area (Å²) in [5.74, 6) is 0.135. The van der Waals surface area contributed by atoms with E-state index in [1.54, 1.807) is 19.2 Å². The Morgan fingerprint density at radius 1 is 1.36 bits per heavy atom. The Morgan fingerprint density at radius 2 is 1.91 bits per heavy atom. The third kappa shape index (κ3) is 3.12. The first-order valence-electron chi connectivity index (χ1n) is 3.82. The molecule has 0 aliphatic carbocycles. The highest BCUT2D eigenvalue weighted by Gasteiger charge is 2.10. The predicted molar refractivity (Wildman–Crippen MR) is 47.8 cm³/mol. The fraction of sp³-hybridized carbons (Fsp3) is 0.556. The van der Waals surface area contributed by atoms with E-state index in [1.165, 1.54) is 0 Å². The van der Waals surface area contributed by atoms with Gasteiger partial charge in [0.2, 0.25) is 0 Å². The van der Waals surface area contributed by atoms with Crippen LogP contribution >= 0.6 is 0 Å². The second-order valence-electron chi connectivity index (χ2n) is 2.58. The van der Waals surface area contributed by atoms with Crippen molar-refractivity contribution in [2.45, 2.75) is 27.7 Å². The van der Waals surface area contributed by atoms with Crippen molar-refractivity contribution in [3.63, 3.8) is 0 Å². The van der Waals surface area contributed by atoms with Crippen molar-refractivity contribution in [1.29, 1.82) is 0 Å². The summed E-state index contributed by atoms with van der Waals surface area (Å²) >= 11 is 0. The summed E-state index contributed by atoms with van der Waals surface area (Å²) in [6.45, 7) is 7.37. The summed E-state index contributed by atoms with van der Waals surface area (Å²) in [6.07, 6.45) is 3.37. The smallest absolute Gasteiger partial charge is 0.183 e. The van der Waals surface area contributed by atoms with Crippen molar-refractivity contribution in [1.82, 2.24) is 0 Å². The lowest BCUT2D eigenvalue weighted by atomic mass is 10.1. The van der Waals surface area contributed by atoms with Crippen molar-refractivity contribution >= 4 is 12.0 Å². The van der Waals surface area contributed by atoms with Gasteiger partial charge in [-0.05, 0) is 13.8 Å². The van der Waals surface area contributed by atoms with Gasteiger partial charge in [-0.25, -0.2) is 0 Å². The average Bonchev–Trinajstić information content (AvgIpc) is 1.98. The number of hydrogen-bond acceptors (Lipinski definition) is 2. The molecule has 0 aromatic heterocycles. The Bertz CT molecular complexity index is 190. The number of carbonyl (C=O) groups excluding carboxylic acids is 1. The first kappa shape index (κ1) is 10.1. The second kappa shape index (κ2) is 4.83. The summed E-state index contributed by atoms with van der Waals surface area (Å²) in [4.78, 5) is 15.2. The van der Waals surface area contributed by atoms with Gasteiger partial charge in [-0.1, -0.05) is 19.9 Å².